The summed E-state index contributed by atoms with van der Waals surface area (Å²) in [6.07, 6.45) is 0. The number of ether oxygens (including phenoxy) is 3. The first-order chi connectivity index (χ1) is 19.0. The summed E-state index contributed by atoms with van der Waals surface area (Å²) >= 11 is 0. The highest BCUT2D eigenvalue weighted by Crippen LogP contribution is 2.46. The molecule has 2 atom stereocenters. The van der Waals surface area contributed by atoms with Gasteiger partial charge in [0.1, 0.15) is 17.2 Å². The second-order valence-electron chi connectivity index (χ2n) is 9.39. The molecule has 0 saturated heterocycles. The van der Waals surface area contributed by atoms with Gasteiger partial charge in [-0.3, -0.25) is 14.4 Å². The van der Waals surface area contributed by atoms with Gasteiger partial charge in [0.2, 0.25) is 0 Å². The van der Waals surface area contributed by atoms with Crippen molar-refractivity contribution in [3.63, 3.8) is 0 Å². The van der Waals surface area contributed by atoms with Gasteiger partial charge >= 0.3 is 0 Å². The van der Waals surface area contributed by atoms with Gasteiger partial charge in [0.15, 0.2) is 17.3 Å². The van der Waals surface area contributed by atoms with Gasteiger partial charge in [-0.15, -0.1) is 0 Å². The number of hydrogen-bond acceptors (Lipinski definition) is 6. The molecule has 4 aromatic carbocycles. The molecule has 196 valence electrons. The minimum atomic E-state index is -1.06. The average molecular weight is 521 g/mol. The van der Waals surface area contributed by atoms with Crippen molar-refractivity contribution < 1.29 is 28.6 Å². The molecule has 5 rings (SSSR count). The molecular formula is C33H28O6. The summed E-state index contributed by atoms with van der Waals surface area (Å²) in [7, 11) is 4.70. The van der Waals surface area contributed by atoms with Crippen LogP contribution in [0.2, 0.25) is 0 Å². The molecule has 1 aliphatic rings. The van der Waals surface area contributed by atoms with Crippen LogP contribution in [0.3, 0.4) is 0 Å². The van der Waals surface area contributed by atoms with Crippen LogP contribution in [0, 0.1) is 5.92 Å². The summed E-state index contributed by atoms with van der Waals surface area (Å²) in [5.74, 6) is -1.56. The Hall–Kier alpha value is -4.71. The molecule has 0 bridgehead atoms. The number of hydrogen-bond donors (Lipinski definition) is 0. The molecule has 39 heavy (non-hydrogen) atoms. The maximum atomic E-state index is 14.4. The number of carbonyl (C=O) groups excluding carboxylic acids is 3. The Kier molecular flexibility index (Phi) is 7.28. The molecule has 0 aromatic heterocycles. The van der Waals surface area contributed by atoms with Crippen LogP contribution in [0.25, 0.3) is 0 Å². The largest absolute Gasteiger partial charge is 0.497 e. The molecule has 6 heteroatoms. The van der Waals surface area contributed by atoms with E-state index in [2.05, 4.69) is 0 Å². The molecule has 0 aliphatic heterocycles. The zero-order valence-corrected chi connectivity index (χ0v) is 21.9. The van der Waals surface area contributed by atoms with Gasteiger partial charge < -0.3 is 14.2 Å². The lowest BCUT2D eigenvalue weighted by Gasteiger charge is -2.31. The second-order valence-corrected chi connectivity index (χ2v) is 9.39. The normalized spacial score (nSPS) is 14.4. The molecule has 0 spiro atoms. The van der Waals surface area contributed by atoms with E-state index in [1.54, 1.807) is 94.1 Å². The minimum Gasteiger partial charge on any atom is -0.497 e. The molecule has 0 N–H and O–H groups in total. The Morgan fingerprint density at radius 3 is 1.44 bits per heavy atom. The standard InChI is InChI=1S/C33H28O6/c1-37-23-14-8-20(9-15-23)28(30-32(35)26-6-4-5-7-27(26)33(30)36)29(21-10-16-24(38-2)17-11-21)31(34)22-12-18-25(39-3)19-13-22/h4-19,28-30H,1-3H3/t28-,29-/m0/s1. The second kappa shape index (κ2) is 11.0. The van der Waals surface area contributed by atoms with Crippen LogP contribution in [0.15, 0.2) is 97.1 Å². The Balaban J connectivity index is 1.71. The number of rotatable bonds is 9. The van der Waals surface area contributed by atoms with E-state index in [1.807, 2.05) is 24.3 Å². The molecule has 0 radical (unpaired) electrons. The third-order valence-electron chi connectivity index (χ3n) is 7.37. The first-order valence-electron chi connectivity index (χ1n) is 12.6. The molecule has 4 aromatic rings. The van der Waals surface area contributed by atoms with Crippen LogP contribution in [-0.2, 0) is 0 Å². The van der Waals surface area contributed by atoms with Crippen LogP contribution in [0.4, 0.5) is 0 Å². The van der Waals surface area contributed by atoms with Gasteiger partial charge in [-0.25, -0.2) is 0 Å². The van der Waals surface area contributed by atoms with Gasteiger partial charge in [0, 0.05) is 22.6 Å². The van der Waals surface area contributed by atoms with Crippen molar-refractivity contribution in [2.24, 2.45) is 5.92 Å². The molecule has 6 nitrogen and oxygen atoms in total. The van der Waals surface area contributed by atoms with E-state index in [-0.39, 0.29) is 17.3 Å². The lowest BCUT2D eigenvalue weighted by atomic mass is 9.69. The molecule has 0 unspecified atom stereocenters. The number of ketones is 3. The monoisotopic (exact) mass is 520 g/mol. The molecule has 1 aliphatic carbocycles. The Bertz CT molecular complexity index is 1470. The van der Waals surface area contributed by atoms with Crippen LogP contribution >= 0.6 is 0 Å². The van der Waals surface area contributed by atoms with E-state index in [0.717, 1.165) is 0 Å². The van der Waals surface area contributed by atoms with E-state index in [0.29, 0.717) is 45.1 Å². The zero-order valence-electron chi connectivity index (χ0n) is 21.9. The number of Topliss-reactive ketones (excluding diaryl/α,β-unsaturated/α-hetero) is 3. The summed E-state index contributed by atoms with van der Waals surface area (Å²) < 4.78 is 16.0. The highest BCUT2D eigenvalue weighted by molar-refractivity contribution is 6.27. The predicted octanol–water partition coefficient (Wildman–Crippen LogP) is 6.16. The fraction of sp³-hybridized carbons (Fsp3) is 0.182. The highest BCUT2D eigenvalue weighted by atomic mass is 16.5. The van der Waals surface area contributed by atoms with Crippen molar-refractivity contribution in [3.8, 4) is 17.2 Å². The summed E-state index contributed by atoms with van der Waals surface area (Å²) in [6.45, 7) is 0. The Morgan fingerprint density at radius 1 is 0.590 bits per heavy atom. The summed E-state index contributed by atoms with van der Waals surface area (Å²) in [4.78, 5) is 42.0. The van der Waals surface area contributed by atoms with E-state index < -0.39 is 17.8 Å². The van der Waals surface area contributed by atoms with Crippen molar-refractivity contribution in [1.82, 2.24) is 0 Å². The maximum Gasteiger partial charge on any atom is 0.175 e. The molecule has 0 heterocycles. The third-order valence-corrected chi connectivity index (χ3v) is 7.37. The summed E-state index contributed by atoms with van der Waals surface area (Å²) in [5.41, 5.74) is 2.59. The van der Waals surface area contributed by atoms with Gasteiger partial charge in [-0.05, 0) is 59.7 Å². The third kappa shape index (κ3) is 4.81. The molecule has 0 amide bonds. The van der Waals surface area contributed by atoms with Crippen LogP contribution in [-0.4, -0.2) is 38.7 Å². The molecule has 0 fully saturated rings. The first-order valence-corrected chi connectivity index (χ1v) is 12.6. The van der Waals surface area contributed by atoms with Crippen LogP contribution in [0.1, 0.15) is 54.0 Å². The SMILES string of the molecule is COc1ccc(C(=O)[C@@H](c2ccc(OC)cc2)[C@H](c2ccc(OC)cc2)C2C(=O)c3ccccc3C2=O)cc1. The van der Waals surface area contributed by atoms with Crippen molar-refractivity contribution in [2.45, 2.75) is 11.8 Å². The average Bonchev–Trinajstić information content (AvgIpc) is 3.25. The number of methoxy groups -OCH3 is 3. The Morgan fingerprint density at radius 2 is 1.00 bits per heavy atom. The van der Waals surface area contributed by atoms with Crippen LogP contribution in [0.5, 0.6) is 17.2 Å². The first kappa shape index (κ1) is 25.9. The smallest absolute Gasteiger partial charge is 0.175 e. The number of benzene rings is 4. The quantitative estimate of drug-likeness (QED) is 0.194. The van der Waals surface area contributed by atoms with Crippen molar-refractivity contribution >= 4 is 17.3 Å². The minimum absolute atomic E-state index is 0.208. The van der Waals surface area contributed by atoms with Crippen LogP contribution < -0.4 is 14.2 Å². The topological polar surface area (TPSA) is 78.9 Å². The van der Waals surface area contributed by atoms with Crippen molar-refractivity contribution in [2.75, 3.05) is 21.3 Å². The van der Waals surface area contributed by atoms with Crippen molar-refractivity contribution in [1.29, 1.82) is 0 Å². The van der Waals surface area contributed by atoms with E-state index >= 15 is 0 Å². The van der Waals surface area contributed by atoms with E-state index in [9.17, 15) is 14.4 Å². The van der Waals surface area contributed by atoms with E-state index in [4.69, 9.17) is 14.2 Å². The van der Waals surface area contributed by atoms with E-state index in [1.165, 1.54) is 0 Å². The molecule has 0 saturated carbocycles. The fourth-order valence-electron chi connectivity index (χ4n) is 5.36. The number of carbonyl (C=O) groups is 3. The molecular weight excluding hydrogens is 492 g/mol. The lowest BCUT2D eigenvalue weighted by molar-refractivity contribution is 0.0788. The Labute approximate surface area is 227 Å². The lowest BCUT2D eigenvalue weighted by Crippen LogP contribution is -2.32. The van der Waals surface area contributed by atoms with Gasteiger partial charge in [-0.1, -0.05) is 48.5 Å². The van der Waals surface area contributed by atoms with Gasteiger partial charge in [-0.2, -0.15) is 0 Å². The fourth-order valence-corrected chi connectivity index (χ4v) is 5.36. The number of fused-ring (bicyclic) bond motifs is 1. The zero-order chi connectivity index (χ0) is 27.5. The van der Waals surface area contributed by atoms with Gasteiger partial charge in [0.25, 0.3) is 0 Å². The predicted molar refractivity (Wildman–Crippen MR) is 147 cm³/mol. The van der Waals surface area contributed by atoms with Crippen molar-refractivity contribution in [3.05, 3.63) is 125 Å². The summed E-state index contributed by atoms with van der Waals surface area (Å²) in [5, 5.41) is 0. The maximum absolute atomic E-state index is 14.4. The summed E-state index contributed by atoms with van der Waals surface area (Å²) in [6, 6.07) is 28.1. The van der Waals surface area contributed by atoms with Gasteiger partial charge in [0.05, 0.1) is 33.2 Å². The highest BCUT2D eigenvalue weighted by Gasteiger charge is 2.48.